The van der Waals surface area contributed by atoms with E-state index in [2.05, 4.69) is 45.4 Å². The molecule has 0 amide bonds. The number of hydrogen-bond donors (Lipinski definition) is 0. The number of imidazole rings is 1. The molecule has 92 valence electrons. The molecule has 2 aromatic rings. The van der Waals surface area contributed by atoms with Crippen molar-refractivity contribution in [3.63, 3.8) is 0 Å². The summed E-state index contributed by atoms with van der Waals surface area (Å²) >= 11 is 9.50. The molecule has 1 heterocycles. The molecule has 4 heteroatoms. The van der Waals surface area contributed by atoms with Gasteiger partial charge in [0.05, 0.1) is 16.9 Å². The highest BCUT2D eigenvalue weighted by atomic mass is 79.9. The molecule has 0 N–H and O–H groups in total. The van der Waals surface area contributed by atoms with Gasteiger partial charge in [0.25, 0.3) is 0 Å². The lowest BCUT2D eigenvalue weighted by Crippen LogP contribution is -2.08. The van der Waals surface area contributed by atoms with Crippen LogP contribution in [0.25, 0.3) is 11.0 Å². The van der Waals surface area contributed by atoms with Crippen molar-refractivity contribution in [1.29, 1.82) is 0 Å². The van der Waals surface area contributed by atoms with Gasteiger partial charge in [0.1, 0.15) is 5.82 Å². The van der Waals surface area contributed by atoms with Gasteiger partial charge in [0.15, 0.2) is 0 Å². The Kier molecular flexibility index (Phi) is 4.10. The zero-order valence-corrected chi connectivity index (χ0v) is 12.4. The molecule has 0 saturated carbocycles. The average molecular weight is 316 g/mol. The van der Waals surface area contributed by atoms with Gasteiger partial charge in [-0.05, 0) is 31.5 Å². The maximum Gasteiger partial charge on any atom is 0.125 e. The Balaban J connectivity index is 2.60. The van der Waals surface area contributed by atoms with Gasteiger partial charge in [-0.2, -0.15) is 0 Å². The Morgan fingerprint density at radius 3 is 2.88 bits per heavy atom. The first-order valence-electron chi connectivity index (χ1n) is 5.89. The molecule has 0 bridgehead atoms. The fourth-order valence-corrected chi connectivity index (χ4v) is 2.79. The van der Waals surface area contributed by atoms with Crippen LogP contribution in [0.15, 0.2) is 22.7 Å². The van der Waals surface area contributed by atoms with Gasteiger partial charge >= 0.3 is 0 Å². The summed E-state index contributed by atoms with van der Waals surface area (Å²) in [5.74, 6) is 1.42. The van der Waals surface area contributed by atoms with Gasteiger partial charge in [-0.3, -0.25) is 0 Å². The fourth-order valence-electron chi connectivity index (χ4n) is 2.25. The second-order valence-electron chi connectivity index (χ2n) is 4.30. The smallest absolute Gasteiger partial charge is 0.125 e. The Morgan fingerprint density at radius 1 is 1.47 bits per heavy atom. The second kappa shape index (κ2) is 5.40. The largest absolute Gasteiger partial charge is 0.324 e. The predicted molar refractivity (Wildman–Crippen MR) is 76.6 cm³/mol. The number of nitrogens with zero attached hydrogens (tertiary/aromatic N) is 2. The maximum atomic E-state index is 5.99. The Bertz CT molecular complexity index is 521. The average Bonchev–Trinajstić information content (AvgIpc) is 2.66. The molecule has 0 aliphatic carbocycles. The van der Waals surface area contributed by atoms with E-state index in [1.165, 1.54) is 0 Å². The third-order valence-electron chi connectivity index (χ3n) is 2.99. The van der Waals surface area contributed by atoms with Crippen LogP contribution in [0.5, 0.6) is 0 Å². The SMILES string of the molecule is CCCC(C)n1c(CCl)nc2ccc(Br)cc21. The lowest BCUT2D eigenvalue weighted by atomic mass is 10.2. The van der Waals surface area contributed by atoms with Crippen LogP contribution in [-0.4, -0.2) is 9.55 Å². The van der Waals surface area contributed by atoms with Crippen LogP contribution in [0.4, 0.5) is 0 Å². The zero-order valence-electron chi connectivity index (χ0n) is 10.1. The van der Waals surface area contributed by atoms with Crippen molar-refractivity contribution >= 4 is 38.6 Å². The topological polar surface area (TPSA) is 17.8 Å². The molecule has 0 fully saturated rings. The highest BCUT2D eigenvalue weighted by Gasteiger charge is 2.14. The molecule has 17 heavy (non-hydrogen) atoms. The van der Waals surface area contributed by atoms with Gasteiger partial charge in [0, 0.05) is 10.5 Å². The molecule has 1 aromatic carbocycles. The predicted octanol–water partition coefficient (Wildman–Crippen LogP) is 4.90. The molecule has 0 radical (unpaired) electrons. The molecule has 0 saturated heterocycles. The van der Waals surface area contributed by atoms with Crippen LogP contribution >= 0.6 is 27.5 Å². The summed E-state index contributed by atoms with van der Waals surface area (Å²) in [5, 5.41) is 0. The first-order chi connectivity index (χ1) is 8.17. The summed E-state index contributed by atoms with van der Waals surface area (Å²) in [7, 11) is 0. The summed E-state index contributed by atoms with van der Waals surface area (Å²) in [4.78, 5) is 4.59. The highest BCUT2D eigenvalue weighted by Crippen LogP contribution is 2.27. The Labute approximate surface area is 115 Å². The summed E-state index contributed by atoms with van der Waals surface area (Å²) < 4.78 is 3.34. The zero-order chi connectivity index (χ0) is 12.4. The molecule has 1 aromatic heterocycles. The summed E-state index contributed by atoms with van der Waals surface area (Å²) in [6.45, 7) is 4.42. The molecule has 1 atom stereocenters. The van der Waals surface area contributed by atoms with E-state index in [0.29, 0.717) is 11.9 Å². The van der Waals surface area contributed by atoms with Crippen molar-refractivity contribution < 1.29 is 0 Å². The van der Waals surface area contributed by atoms with Crippen molar-refractivity contribution in [3.05, 3.63) is 28.5 Å². The van der Waals surface area contributed by atoms with Crippen LogP contribution in [-0.2, 0) is 5.88 Å². The Hall–Kier alpha value is -0.540. The van der Waals surface area contributed by atoms with E-state index >= 15 is 0 Å². The molecule has 2 rings (SSSR count). The van der Waals surface area contributed by atoms with E-state index in [-0.39, 0.29) is 0 Å². The normalized spacial score (nSPS) is 13.2. The molecule has 2 nitrogen and oxygen atoms in total. The standard InChI is InChI=1S/C13H16BrClN2/c1-3-4-9(2)17-12-7-10(14)5-6-11(12)16-13(17)8-15/h5-7,9H,3-4,8H2,1-2H3. The highest BCUT2D eigenvalue weighted by molar-refractivity contribution is 9.10. The van der Waals surface area contributed by atoms with Crippen LogP contribution < -0.4 is 0 Å². The van der Waals surface area contributed by atoms with E-state index in [9.17, 15) is 0 Å². The third kappa shape index (κ3) is 2.50. The molecule has 0 aliphatic rings. The summed E-state index contributed by atoms with van der Waals surface area (Å²) in [6, 6.07) is 6.60. The minimum atomic E-state index is 0.438. The van der Waals surface area contributed by atoms with Crippen molar-refractivity contribution in [3.8, 4) is 0 Å². The minimum absolute atomic E-state index is 0.438. The van der Waals surface area contributed by atoms with Crippen LogP contribution in [0.2, 0.25) is 0 Å². The van der Waals surface area contributed by atoms with E-state index in [1.54, 1.807) is 0 Å². The van der Waals surface area contributed by atoms with Gasteiger partial charge in [0.2, 0.25) is 0 Å². The van der Waals surface area contributed by atoms with E-state index in [1.807, 2.05) is 12.1 Å². The van der Waals surface area contributed by atoms with Crippen molar-refractivity contribution in [2.24, 2.45) is 0 Å². The fraction of sp³-hybridized carbons (Fsp3) is 0.462. The first-order valence-corrected chi connectivity index (χ1v) is 7.22. The van der Waals surface area contributed by atoms with E-state index in [0.717, 1.165) is 34.2 Å². The Morgan fingerprint density at radius 2 is 2.24 bits per heavy atom. The van der Waals surface area contributed by atoms with Crippen molar-refractivity contribution in [1.82, 2.24) is 9.55 Å². The first kappa shape index (κ1) is 12.9. The quantitative estimate of drug-likeness (QED) is 0.734. The summed E-state index contributed by atoms with van der Waals surface area (Å²) in [5.41, 5.74) is 2.18. The molecule has 0 spiro atoms. The van der Waals surface area contributed by atoms with Crippen molar-refractivity contribution in [2.45, 2.75) is 38.6 Å². The second-order valence-corrected chi connectivity index (χ2v) is 5.49. The van der Waals surface area contributed by atoms with Gasteiger partial charge < -0.3 is 4.57 Å². The monoisotopic (exact) mass is 314 g/mol. The molecule has 1 unspecified atom stereocenters. The third-order valence-corrected chi connectivity index (χ3v) is 3.72. The van der Waals surface area contributed by atoms with E-state index < -0.39 is 0 Å². The van der Waals surface area contributed by atoms with Gasteiger partial charge in [-0.15, -0.1) is 11.6 Å². The van der Waals surface area contributed by atoms with Crippen LogP contribution in [0.1, 0.15) is 38.6 Å². The number of fused-ring (bicyclic) bond motifs is 1. The summed E-state index contributed by atoms with van der Waals surface area (Å²) in [6.07, 6.45) is 2.30. The number of halogens is 2. The number of alkyl halides is 1. The maximum absolute atomic E-state index is 5.99. The van der Waals surface area contributed by atoms with E-state index in [4.69, 9.17) is 11.6 Å². The molecular weight excluding hydrogens is 300 g/mol. The molecule has 0 aliphatic heterocycles. The lowest BCUT2D eigenvalue weighted by Gasteiger charge is -2.16. The lowest BCUT2D eigenvalue weighted by molar-refractivity contribution is 0.500. The van der Waals surface area contributed by atoms with Crippen molar-refractivity contribution in [2.75, 3.05) is 0 Å². The number of rotatable bonds is 4. The van der Waals surface area contributed by atoms with Crippen LogP contribution in [0.3, 0.4) is 0 Å². The van der Waals surface area contributed by atoms with Gasteiger partial charge in [-0.1, -0.05) is 29.3 Å². The van der Waals surface area contributed by atoms with Crippen LogP contribution in [0, 0.1) is 0 Å². The van der Waals surface area contributed by atoms with Gasteiger partial charge in [-0.25, -0.2) is 4.98 Å². The number of aromatic nitrogens is 2. The minimum Gasteiger partial charge on any atom is -0.324 e. The number of benzene rings is 1. The number of hydrogen-bond acceptors (Lipinski definition) is 1. The molecular formula is C13H16BrClN2.